The van der Waals surface area contributed by atoms with E-state index in [1.54, 1.807) is 0 Å². The second kappa shape index (κ2) is 3.07. The Morgan fingerprint density at radius 1 is 1.50 bits per heavy atom. The smallest absolute Gasteiger partial charge is 0.181 e. The molecule has 0 amide bonds. The van der Waals surface area contributed by atoms with Gasteiger partial charge in [-0.25, -0.2) is 0 Å². The first-order valence-electron chi connectivity index (χ1n) is 3.34. The highest BCUT2D eigenvalue weighted by atomic mass is 14.9. The Morgan fingerprint density at radius 3 is 2.80 bits per heavy atom. The maximum absolute atomic E-state index is 8.26. The van der Waals surface area contributed by atoms with Gasteiger partial charge in [-0.15, -0.1) is 0 Å². The van der Waals surface area contributed by atoms with E-state index in [9.17, 15) is 0 Å². The number of nitrogens with zero attached hydrogens (tertiary/aromatic N) is 1. The number of hydrogen-bond acceptors (Lipinski definition) is 2. The van der Waals surface area contributed by atoms with Gasteiger partial charge in [-0.3, -0.25) is 5.32 Å². The Bertz CT molecular complexity index is 218. The van der Waals surface area contributed by atoms with Gasteiger partial charge in [-0.2, -0.15) is 5.26 Å². The highest BCUT2D eigenvalue weighted by Crippen LogP contribution is 2.14. The molecule has 0 aromatic rings. The lowest BCUT2D eigenvalue weighted by Crippen LogP contribution is -2.06. The Labute approximate surface area is 60.9 Å². The van der Waals surface area contributed by atoms with Crippen LogP contribution >= 0.6 is 0 Å². The summed E-state index contributed by atoms with van der Waals surface area (Å²) < 4.78 is 0. The van der Waals surface area contributed by atoms with E-state index in [1.165, 1.54) is 5.57 Å². The third-order valence-electron chi connectivity index (χ3n) is 1.57. The van der Waals surface area contributed by atoms with E-state index in [1.807, 2.05) is 18.3 Å². The summed E-state index contributed by atoms with van der Waals surface area (Å²) in [6.07, 6.45) is 7.95. The van der Waals surface area contributed by atoms with Gasteiger partial charge in [0, 0.05) is 5.70 Å². The summed E-state index contributed by atoms with van der Waals surface area (Å²) in [5.74, 6) is 0. The fourth-order valence-electron chi connectivity index (χ4n) is 0.917. The highest BCUT2D eigenvalue weighted by Gasteiger charge is 2.00. The first-order chi connectivity index (χ1) is 4.83. The number of nitrogens with one attached hydrogen (secondary N) is 1. The summed E-state index contributed by atoms with van der Waals surface area (Å²) >= 11 is 0. The van der Waals surface area contributed by atoms with Gasteiger partial charge in [-0.05, 0) is 25.8 Å². The predicted octanol–water partition coefficient (Wildman–Crippen LogP) is 1.68. The minimum absolute atomic E-state index is 0.968. The summed E-state index contributed by atoms with van der Waals surface area (Å²) in [7, 11) is 0. The van der Waals surface area contributed by atoms with Gasteiger partial charge >= 0.3 is 0 Å². The molecule has 10 heavy (non-hydrogen) atoms. The Morgan fingerprint density at radius 2 is 2.30 bits per heavy atom. The van der Waals surface area contributed by atoms with E-state index in [0.717, 1.165) is 18.5 Å². The lowest BCUT2D eigenvalue weighted by Gasteiger charge is -2.08. The molecule has 2 heteroatoms. The molecule has 0 aromatic heterocycles. The van der Waals surface area contributed by atoms with E-state index in [4.69, 9.17) is 5.26 Å². The van der Waals surface area contributed by atoms with Crippen LogP contribution in [0.15, 0.2) is 23.4 Å². The molecule has 0 bridgehead atoms. The third kappa shape index (κ3) is 1.63. The molecule has 2 nitrogen and oxygen atoms in total. The molecule has 1 aliphatic rings. The van der Waals surface area contributed by atoms with Crippen LogP contribution in [0.25, 0.3) is 0 Å². The molecular weight excluding hydrogens is 124 g/mol. The van der Waals surface area contributed by atoms with Gasteiger partial charge < -0.3 is 0 Å². The van der Waals surface area contributed by atoms with Gasteiger partial charge in [0.15, 0.2) is 6.19 Å². The summed E-state index contributed by atoms with van der Waals surface area (Å²) in [6.45, 7) is 2.10. The van der Waals surface area contributed by atoms with Crippen molar-refractivity contribution in [1.82, 2.24) is 5.32 Å². The van der Waals surface area contributed by atoms with Crippen LogP contribution in [0.4, 0.5) is 0 Å². The van der Waals surface area contributed by atoms with Crippen molar-refractivity contribution in [2.75, 3.05) is 0 Å². The van der Waals surface area contributed by atoms with Crippen molar-refractivity contribution in [3.05, 3.63) is 23.4 Å². The zero-order valence-electron chi connectivity index (χ0n) is 6.02. The molecule has 0 aromatic carbocycles. The first-order valence-corrected chi connectivity index (χ1v) is 3.34. The molecule has 0 fully saturated rings. The summed E-state index contributed by atoms with van der Waals surface area (Å²) in [5, 5.41) is 10.9. The van der Waals surface area contributed by atoms with Crippen LogP contribution in [-0.2, 0) is 0 Å². The van der Waals surface area contributed by atoms with Gasteiger partial charge in [-0.1, -0.05) is 11.6 Å². The minimum Gasteiger partial charge on any atom is -0.297 e. The molecule has 1 rings (SSSR count). The van der Waals surface area contributed by atoms with Crippen molar-refractivity contribution in [3.63, 3.8) is 0 Å². The molecular formula is C8H10N2. The number of rotatable bonds is 1. The van der Waals surface area contributed by atoms with Crippen LogP contribution in [0.1, 0.15) is 19.8 Å². The van der Waals surface area contributed by atoms with E-state index >= 15 is 0 Å². The molecule has 0 spiro atoms. The second-order valence-corrected chi connectivity index (χ2v) is 2.44. The van der Waals surface area contributed by atoms with Crippen molar-refractivity contribution in [2.24, 2.45) is 0 Å². The minimum atomic E-state index is 0.968. The molecule has 0 unspecified atom stereocenters. The molecule has 52 valence electrons. The van der Waals surface area contributed by atoms with Crippen molar-refractivity contribution >= 4 is 0 Å². The van der Waals surface area contributed by atoms with E-state index < -0.39 is 0 Å². The van der Waals surface area contributed by atoms with Gasteiger partial charge in [0.25, 0.3) is 0 Å². The van der Waals surface area contributed by atoms with Crippen LogP contribution in [0.5, 0.6) is 0 Å². The SMILES string of the molecule is CC1=CC=C(NC#N)CC1. The number of hydrogen-bond donors (Lipinski definition) is 1. The summed E-state index contributed by atoms with van der Waals surface area (Å²) in [6, 6.07) is 0. The molecule has 0 radical (unpaired) electrons. The van der Waals surface area contributed by atoms with Crippen LogP contribution in [0.2, 0.25) is 0 Å². The topological polar surface area (TPSA) is 35.8 Å². The molecule has 0 saturated carbocycles. The van der Waals surface area contributed by atoms with Gasteiger partial charge in [0.1, 0.15) is 0 Å². The average Bonchev–Trinajstić information content (AvgIpc) is 1.95. The van der Waals surface area contributed by atoms with E-state index in [0.29, 0.717) is 0 Å². The van der Waals surface area contributed by atoms with Crippen molar-refractivity contribution in [1.29, 1.82) is 5.26 Å². The Hall–Kier alpha value is -1.23. The zero-order chi connectivity index (χ0) is 7.40. The predicted molar refractivity (Wildman–Crippen MR) is 39.8 cm³/mol. The number of nitriles is 1. The summed E-state index contributed by atoms with van der Waals surface area (Å²) in [5.41, 5.74) is 2.40. The zero-order valence-corrected chi connectivity index (χ0v) is 6.02. The van der Waals surface area contributed by atoms with Crippen LogP contribution in [-0.4, -0.2) is 0 Å². The quantitative estimate of drug-likeness (QED) is 0.437. The normalized spacial score (nSPS) is 16.8. The molecule has 1 N–H and O–H groups in total. The maximum atomic E-state index is 8.26. The highest BCUT2D eigenvalue weighted by molar-refractivity contribution is 5.22. The van der Waals surface area contributed by atoms with Crippen molar-refractivity contribution in [2.45, 2.75) is 19.8 Å². The average molecular weight is 134 g/mol. The fourth-order valence-corrected chi connectivity index (χ4v) is 0.917. The Balaban J connectivity index is 2.57. The van der Waals surface area contributed by atoms with Crippen molar-refractivity contribution in [3.8, 4) is 6.19 Å². The summed E-state index contributed by atoms with van der Waals surface area (Å²) in [4.78, 5) is 0. The lowest BCUT2D eigenvalue weighted by atomic mass is 10.0. The fraction of sp³-hybridized carbons (Fsp3) is 0.375. The lowest BCUT2D eigenvalue weighted by molar-refractivity contribution is 0.843. The van der Waals surface area contributed by atoms with Gasteiger partial charge in [0.2, 0.25) is 0 Å². The monoisotopic (exact) mass is 134 g/mol. The molecule has 0 heterocycles. The molecule has 0 saturated heterocycles. The largest absolute Gasteiger partial charge is 0.297 e. The Kier molecular flexibility index (Phi) is 2.11. The van der Waals surface area contributed by atoms with Crippen LogP contribution < -0.4 is 5.32 Å². The van der Waals surface area contributed by atoms with Crippen LogP contribution in [0, 0.1) is 11.5 Å². The standard InChI is InChI=1S/C8H10N2/c1-7-2-4-8(5-3-7)10-6-9/h2,4,10H,3,5H2,1H3. The molecule has 0 aliphatic heterocycles. The maximum Gasteiger partial charge on any atom is 0.181 e. The number of allylic oxidation sites excluding steroid dienone is 4. The van der Waals surface area contributed by atoms with E-state index in [2.05, 4.69) is 12.2 Å². The third-order valence-corrected chi connectivity index (χ3v) is 1.57. The van der Waals surface area contributed by atoms with Crippen molar-refractivity contribution < 1.29 is 0 Å². The molecule has 1 aliphatic carbocycles. The van der Waals surface area contributed by atoms with E-state index in [-0.39, 0.29) is 0 Å². The first kappa shape index (κ1) is 6.88. The van der Waals surface area contributed by atoms with Crippen LogP contribution in [0.3, 0.4) is 0 Å². The molecule has 0 atom stereocenters. The second-order valence-electron chi connectivity index (χ2n) is 2.44. The van der Waals surface area contributed by atoms with Gasteiger partial charge in [0.05, 0.1) is 0 Å².